The Morgan fingerprint density at radius 2 is 1.59 bits per heavy atom. The lowest BCUT2D eigenvalue weighted by atomic mass is 10.1. The van der Waals surface area contributed by atoms with Gasteiger partial charge in [0.1, 0.15) is 17.4 Å². The molecule has 0 bridgehead atoms. The van der Waals surface area contributed by atoms with Crippen LogP contribution in [0, 0.1) is 20.8 Å². The minimum absolute atomic E-state index is 0.0328. The van der Waals surface area contributed by atoms with Crippen molar-refractivity contribution >= 4 is 27.0 Å². The van der Waals surface area contributed by atoms with Gasteiger partial charge >= 0.3 is 11.6 Å². The summed E-state index contributed by atoms with van der Waals surface area (Å²) in [6.45, 7) is 5.33. The van der Waals surface area contributed by atoms with E-state index in [-0.39, 0.29) is 16.2 Å². The molecule has 1 N–H and O–H groups in total. The van der Waals surface area contributed by atoms with Crippen molar-refractivity contribution < 1.29 is 22.4 Å². The molecule has 0 spiro atoms. The van der Waals surface area contributed by atoms with E-state index in [0.717, 1.165) is 5.56 Å². The molecular weight excluding hydrogens is 454 g/mol. The highest BCUT2D eigenvalue weighted by Crippen LogP contribution is 2.31. The van der Waals surface area contributed by atoms with Crippen LogP contribution < -0.4 is 15.1 Å². The molecule has 0 aliphatic rings. The number of carbonyl (C=O) groups is 1. The molecule has 0 unspecified atom stereocenters. The van der Waals surface area contributed by atoms with Gasteiger partial charge in [0.25, 0.3) is 0 Å². The lowest BCUT2D eigenvalue weighted by Crippen LogP contribution is -2.36. The van der Waals surface area contributed by atoms with Gasteiger partial charge in [0.15, 0.2) is 0 Å². The number of hydrogen-bond donors (Lipinski definition) is 1. The fourth-order valence-electron chi connectivity index (χ4n) is 3.66. The molecule has 1 aromatic heterocycles. The standard InChI is InChI=1S/C26H23NO6S/c1-16-9-11-20(12-10-16)34(30,31)27-25(19-7-5-4-6-8-19)26(29)33-22-14-17(2)13-21-24(22)18(3)15-23(28)32-21/h4-15,25,27H,1-3H3/t25-/m0/s1. The molecule has 1 heterocycles. The lowest BCUT2D eigenvalue weighted by molar-refractivity contribution is -0.136. The van der Waals surface area contributed by atoms with Crippen molar-refractivity contribution in [3.8, 4) is 5.75 Å². The molecular formula is C26H23NO6S. The molecule has 8 heteroatoms. The number of sulfonamides is 1. The number of hydrogen-bond acceptors (Lipinski definition) is 6. The van der Waals surface area contributed by atoms with Gasteiger partial charge in [-0.1, -0.05) is 48.0 Å². The molecule has 0 saturated heterocycles. The summed E-state index contributed by atoms with van der Waals surface area (Å²) in [5.74, 6) is -0.642. The number of carbonyl (C=O) groups excluding carboxylic acids is 1. The van der Waals surface area contributed by atoms with E-state index in [1.54, 1.807) is 68.4 Å². The highest BCUT2D eigenvalue weighted by atomic mass is 32.2. The second-order valence-corrected chi connectivity index (χ2v) is 9.80. The monoisotopic (exact) mass is 477 g/mol. The Kier molecular flexibility index (Phi) is 6.37. The van der Waals surface area contributed by atoms with Crippen molar-refractivity contribution in [2.24, 2.45) is 0 Å². The zero-order valence-corrected chi connectivity index (χ0v) is 19.7. The van der Waals surface area contributed by atoms with Crippen molar-refractivity contribution in [1.29, 1.82) is 0 Å². The van der Waals surface area contributed by atoms with Gasteiger partial charge in [-0.2, -0.15) is 4.72 Å². The maximum absolute atomic E-state index is 13.4. The Hall–Kier alpha value is -3.75. The number of esters is 1. The van der Waals surface area contributed by atoms with Gasteiger partial charge in [-0.25, -0.2) is 18.0 Å². The van der Waals surface area contributed by atoms with E-state index in [0.29, 0.717) is 22.1 Å². The third-order valence-electron chi connectivity index (χ3n) is 5.33. The second-order valence-electron chi connectivity index (χ2n) is 8.08. The summed E-state index contributed by atoms with van der Waals surface area (Å²) >= 11 is 0. The molecule has 0 radical (unpaired) electrons. The van der Waals surface area contributed by atoms with Crippen LogP contribution in [0.3, 0.4) is 0 Å². The second kappa shape index (κ2) is 9.24. The van der Waals surface area contributed by atoms with Gasteiger partial charge in [-0.05, 0) is 61.7 Å². The summed E-state index contributed by atoms with van der Waals surface area (Å²) in [5.41, 5.74) is 2.38. The summed E-state index contributed by atoms with van der Waals surface area (Å²) in [5, 5.41) is 0.465. The van der Waals surface area contributed by atoms with Crippen LogP contribution in [0.5, 0.6) is 5.75 Å². The molecule has 0 amide bonds. The van der Waals surface area contributed by atoms with Crippen LogP contribution in [-0.2, 0) is 14.8 Å². The van der Waals surface area contributed by atoms with Crippen LogP contribution in [-0.4, -0.2) is 14.4 Å². The number of aryl methyl sites for hydroxylation is 3. The first kappa shape index (κ1) is 23.4. The van der Waals surface area contributed by atoms with Gasteiger partial charge in [0.2, 0.25) is 10.0 Å². The summed E-state index contributed by atoms with van der Waals surface area (Å²) in [7, 11) is -4.04. The number of ether oxygens (including phenoxy) is 1. The smallest absolute Gasteiger partial charge is 0.336 e. The fraction of sp³-hybridized carbons (Fsp3) is 0.154. The van der Waals surface area contributed by atoms with Crippen LogP contribution in [0.2, 0.25) is 0 Å². The molecule has 174 valence electrons. The highest BCUT2D eigenvalue weighted by molar-refractivity contribution is 7.89. The highest BCUT2D eigenvalue weighted by Gasteiger charge is 2.29. The molecule has 7 nitrogen and oxygen atoms in total. The predicted octanol–water partition coefficient (Wildman–Crippen LogP) is 4.34. The van der Waals surface area contributed by atoms with Crippen LogP contribution in [0.1, 0.15) is 28.3 Å². The predicted molar refractivity (Wildman–Crippen MR) is 128 cm³/mol. The topological polar surface area (TPSA) is 103 Å². The van der Waals surface area contributed by atoms with Crippen molar-refractivity contribution in [1.82, 2.24) is 4.72 Å². The third-order valence-corrected chi connectivity index (χ3v) is 6.77. The van der Waals surface area contributed by atoms with Crippen molar-refractivity contribution in [2.75, 3.05) is 0 Å². The Morgan fingerprint density at radius 3 is 2.26 bits per heavy atom. The van der Waals surface area contributed by atoms with Gasteiger partial charge in [-0.3, -0.25) is 0 Å². The maximum Gasteiger partial charge on any atom is 0.336 e. The largest absolute Gasteiger partial charge is 0.424 e. The summed E-state index contributed by atoms with van der Waals surface area (Å²) < 4.78 is 39.6. The van der Waals surface area contributed by atoms with Crippen LogP contribution >= 0.6 is 0 Å². The average molecular weight is 478 g/mol. The van der Waals surface area contributed by atoms with Crippen molar-refractivity contribution in [2.45, 2.75) is 31.7 Å². The lowest BCUT2D eigenvalue weighted by Gasteiger charge is -2.19. The minimum atomic E-state index is -4.04. The van der Waals surface area contributed by atoms with E-state index >= 15 is 0 Å². The molecule has 4 aromatic rings. The maximum atomic E-state index is 13.4. The molecule has 0 fully saturated rings. The Balaban J connectivity index is 1.74. The van der Waals surface area contributed by atoms with Crippen molar-refractivity contribution in [3.63, 3.8) is 0 Å². The Morgan fingerprint density at radius 1 is 0.912 bits per heavy atom. The summed E-state index contributed by atoms with van der Waals surface area (Å²) in [6, 6.07) is 18.1. The van der Waals surface area contributed by atoms with Crippen LogP contribution in [0.15, 0.2) is 86.9 Å². The zero-order chi connectivity index (χ0) is 24.5. The average Bonchev–Trinajstić information content (AvgIpc) is 2.77. The molecule has 3 aromatic carbocycles. The molecule has 0 aliphatic carbocycles. The Bertz CT molecular complexity index is 1520. The minimum Gasteiger partial charge on any atom is -0.424 e. The number of benzene rings is 3. The first-order chi connectivity index (χ1) is 16.1. The quantitative estimate of drug-likeness (QED) is 0.252. The molecule has 34 heavy (non-hydrogen) atoms. The van der Waals surface area contributed by atoms with Crippen molar-refractivity contribution in [3.05, 3.63) is 105 Å². The summed E-state index contributed by atoms with van der Waals surface area (Å²) in [6.07, 6.45) is 0. The van der Waals surface area contributed by atoms with Gasteiger partial charge < -0.3 is 9.15 Å². The third kappa shape index (κ3) is 4.93. The molecule has 1 atom stereocenters. The van der Waals surface area contributed by atoms with Gasteiger partial charge in [0.05, 0.1) is 10.3 Å². The van der Waals surface area contributed by atoms with E-state index in [4.69, 9.17) is 9.15 Å². The van der Waals surface area contributed by atoms with E-state index < -0.39 is 27.7 Å². The first-order valence-electron chi connectivity index (χ1n) is 10.5. The van der Waals surface area contributed by atoms with Gasteiger partial charge in [-0.15, -0.1) is 0 Å². The summed E-state index contributed by atoms with van der Waals surface area (Å²) in [4.78, 5) is 25.2. The normalized spacial score (nSPS) is 12.4. The van der Waals surface area contributed by atoms with E-state index in [1.165, 1.54) is 18.2 Å². The Labute approximate surface area is 197 Å². The molecule has 0 saturated carbocycles. The first-order valence-corrected chi connectivity index (χ1v) is 12.0. The number of fused-ring (bicyclic) bond motifs is 1. The number of nitrogens with one attached hydrogen (secondary N) is 1. The fourth-order valence-corrected chi connectivity index (χ4v) is 4.84. The van der Waals surface area contributed by atoms with Crippen LogP contribution in [0.25, 0.3) is 11.0 Å². The zero-order valence-electron chi connectivity index (χ0n) is 18.9. The molecule has 4 rings (SSSR count). The van der Waals surface area contributed by atoms with E-state index in [2.05, 4.69) is 4.72 Å². The molecule has 0 aliphatic heterocycles. The van der Waals surface area contributed by atoms with E-state index in [1.807, 2.05) is 6.92 Å². The number of rotatable bonds is 6. The van der Waals surface area contributed by atoms with Crippen LogP contribution in [0.4, 0.5) is 0 Å². The van der Waals surface area contributed by atoms with E-state index in [9.17, 15) is 18.0 Å². The van der Waals surface area contributed by atoms with Gasteiger partial charge in [0, 0.05) is 6.07 Å². The SMILES string of the molecule is Cc1ccc(S(=O)(=O)N[C@H](C(=O)Oc2cc(C)cc3oc(=O)cc(C)c23)c2ccccc2)cc1.